The fourth-order valence-corrected chi connectivity index (χ4v) is 3.99. The smallest absolute Gasteiger partial charge is 0.161 e. The van der Waals surface area contributed by atoms with Crippen LogP contribution in [0.1, 0.15) is 41.4 Å². The van der Waals surface area contributed by atoms with E-state index in [1.807, 2.05) is 32.0 Å². The summed E-state index contributed by atoms with van der Waals surface area (Å²) in [7, 11) is 2.15. The standard InChI is InChI=1S/C21H26N4O2/c1-12-19(14(3)26)13(2)22-20(12)21-23-17-6-5-16(11-18(17)24-21)27-15-7-9-25(4)10-8-15/h5-6,11,15,22H,7-10H2,1-4H3,(H,23,24). The number of fused-ring (bicyclic) bond motifs is 1. The van der Waals surface area contributed by atoms with Gasteiger partial charge in [0.2, 0.25) is 0 Å². The number of hydrogen-bond donors (Lipinski definition) is 2. The van der Waals surface area contributed by atoms with Crippen LogP contribution in [0.5, 0.6) is 5.75 Å². The third kappa shape index (κ3) is 3.37. The number of likely N-dealkylation sites (tertiary alicyclic amines) is 1. The van der Waals surface area contributed by atoms with E-state index >= 15 is 0 Å². The Morgan fingerprint density at radius 3 is 2.63 bits per heavy atom. The Balaban J connectivity index is 1.62. The molecule has 3 aromatic rings. The van der Waals surface area contributed by atoms with Crippen molar-refractivity contribution >= 4 is 16.8 Å². The number of hydrogen-bond acceptors (Lipinski definition) is 4. The SMILES string of the molecule is CC(=O)c1c(C)[nH]c(-c2nc3ccc(OC4CCN(C)CC4)cc3[nH]2)c1C. The molecular formula is C21H26N4O2. The number of piperidine rings is 1. The number of benzene rings is 1. The molecule has 6 heteroatoms. The zero-order chi connectivity index (χ0) is 19.1. The predicted octanol–water partition coefficient (Wildman–Crippen LogP) is 3.85. The highest BCUT2D eigenvalue weighted by Crippen LogP contribution is 2.29. The Hall–Kier alpha value is -2.60. The average molecular weight is 366 g/mol. The summed E-state index contributed by atoms with van der Waals surface area (Å²) in [4.78, 5) is 25.6. The van der Waals surface area contributed by atoms with Crippen molar-refractivity contribution in [2.75, 3.05) is 20.1 Å². The topological polar surface area (TPSA) is 74.0 Å². The molecular weight excluding hydrogens is 340 g/mol. The van der Waals surface area contributed by atoms with E-state index in [0.717, 1.165) is 71.1 Å². The molecule has 142 valence electrons. The van der Waals surface area contributed by atoms with Gasteiger partial charge in [-0.3, -0.25) is 4.79 Å². The average Bonchev–Trinajstić information content (AvgIpc) is 3.16. The van der Waals surface area contributed by atoms with Gasteiger partial charge in [0.05, 0.1) is 16.7 Å². The summed E-state index contributed by atoms with van der Waals surface area (Å²) in [6.07, 6.45) is 2.38. The Labute approximate surface area is 158 Å². The molecule has 3 heterocycles. The first-order valence-corrected chi connectivity index (χ1v) is 9.48. The summed E-state index contributed by atoms with van der Waals surface area (Å²) in [5, 5.41) is 0. The molecule has 0 bridgehead atoms. The quantitative estimate of drug-likeness (QED) is 0.688. The van der Waals surface area contributed by atoms with Gasteiger partial charge >= 0.3 is 0 Å². The highest BCUT2D eigenvalue weighted by atomic mass is 16.5. The predicted molar refractivity (Wildman–Crippen MR) is 107 cm³/mol. The van der Waals surface area contributed by atoms with Crippen molar-refractivity contribution in [3.05, 3.63) is 35.0 Å². The van der Waals surface area contributed by atoms with Gasteiger partial charge in [-0.25, -0.2) is 4.98 Å². The summed E-state index contributed by atoms with van der Waals surface area (Å²) in [6, 6.07) is 5.98. The van der Waals surface area contributed by atoms with Crippen molar-refractivity contribution in [2.45, 2.75) is 39.7 Å². The lowest BCUT2D eigenvalue weighted by Crippen LogP contribution is -2.35. The van der Waals surface area contributed by atoms with Crippen LogP contribution in [0.15, 0.2) is 18.2 Å². The minimum absolute atomic E-state index is 0.0671. The van der Waals surface area contributed by atoms with Crippen LogP contribution < -0.4 is 4.74 Å². The van der Waals surface area contributed by atoms with E-state index in [0.29, 0.717) is 0 Å². The van der Waals surface area contributed by atoms with Crippen LogP contribution in [0, 0.1) is 13.8 Å². The van der Waals surface area contributed by atoms with Crippen LogP contribution in [0.3, 0.4) is 0 Å². The number of aromatic amines is 2. The fraction of sp³-hybridized carbons (Fsp3) is 0.429. The van der Waals surface area contributed by atoms with Crippen LogP contribution in [0.2, 0.25) is 0 Å². The molecule has 1 aromatic carbocycles. The van der Waals surface area contributed by atoms with Gasteiger partial charge < -0.3 is 19.6 Å². The van der Waals surface area contributed by atoms with E-state index in [1.165, 1.54) is 0 Å². The van der Waals surface area contributed by atoms with Crippen LogP contribution in [-0.2, 0) is 0 Å². The molecule has 1 saturated heterocycles. The Morgan fingerprint density at radius 1 is 1.22 bits per heavy atom. The number of nitrogens with one attached hydrogen (secondary N) is 2. The molecule has 0 amide bonds. The van der Waals surface area contributed by atoms with E-state index in [1.54, 1.807) is 6.92 Å². The first-order valence-electron chi connectivity index (χ1n) is 9.48. The summed E-state index contributed by atoms with van der Waals surface area (Å²) >= 11 is 0. The van der Waals surface area contributed by atoms with E-state index in [-0.39, 0.29) is 11.9 Å². The number of carbonyl (C=O) groups is 1. The number of ether oxygens (including phenoxy) is 1. The van der Waals surface area contributed by atoms with Gasteiger partial charge in [-0.05, 0) is 58.4 Å². The minimum Gasteiger partial charge on any atom is -0.490 e. The van der Waals surface area contributed by atoms with Gasteiger partial charge in [0.1, 0.15) is 11.9 Å². The van der Waals surface area contributed by atoms with Gasteiger partial charge in [0.25, 0.3) is 0 Å². The van der Waals surface area contributed by atoms with Gasteiger partial charge in [-0.15, -0.1) is 0 Å². The second-order valence-corrected chi connectivity index (χ2v) is 7.57. The summed E-state index contributed by atoms with van der Waals surface area (Å²) in [6.45, 7) is 7.62. The molecule has 0 atom stereocenters. The zero-order valence-electron chi connectivity index (χ0n) is 16.3. The second kappa shape index (κ2) is 6.85. The Bertz CT molecular complexity index is 993. The number of H-pyrrole nitrogens is 2. The molecule has 0 aliphatic carbocycles. The van der Waals surface area contributed by atoms with Crippen molar-refractivity contribution in [3.63, 3.8) is 0 Å². The summed E-state index contributed by atoms with van der Waals surface area (Å²) in [5.41, 5.74) is 5.25. The lowest BCUT2D eigenvalue weighted by molar-refractivity contribution is 0.101. The first kappa shape index (κ1) is 17.8. The summed E-state index contributed by atoms with van der Waals surface area (Å²) in [5.74, 6) is 1.68. The molecule has 2 N–H and O–H groups in total. The van der Waals surface area contributed by atoms with E-state index in [2.05, 4.69) is 21.9 Å². The van der Waals surface area contributed by atoms with Crippen molar-refractivity contribution in [3.8, 4) is 17.3 Å². The molecule has 0 saturated carbocycles. The van der Waals surface area contributed by atoms with Gasteiger partial charge in [-0.1, -0.05) is 0 Å². The van der Waals surface area contributed by atoms with Crippen molar-refractivity contribution < 1.29 is 9.53 Å². The molecule has 0 unspecified atom stereocenters. The normalized spacial score (nSPS) is 16.1. The highest BCUT2D eigenvalue weighted by Gasteiger charge is 2.20. The number of Topliss-reactive ketones (excluding diaryl/α,β-unsaturated/α-hetero) is 1. The molecule has 6 nitrogen and oxygen atoms in total. The number of ketones is 1. The number of carbonyl (C=O) groups excluding carboxylic acids is 1. The Morgan fingerprint density at radius 2 is 1.96 bits per heavy atom. The molecule has 2 aromatic heterocycles. The highest BCUT2D eigenvalue weighted by molar-refractivity contribution is 5.98. The van der Waals surface area contributed by atoms with E-state index < -0.39 is 0 Å². The lowest BCUT2D eigenvalue weighted by atomic mass is 10.1. The molecule has 0 spiro atoms. The maximum absolute atomic E-state index is 11.9. The van der Waals surface area contributed by atoms with Gasteiger partial charge in [0.15, 0.2) is 11.6 Å². The maximum Gasteiger partial charge on any atom is 0.161 e. The number of nitrogens with zero attached hydrogens (tertiary/aromatic N) is 2. The van der Waals surface area contributed by atoms with Crippen LogP contribution in [-0.4, -0.2) is 51.9 Å². The molecule has 27 heavy (non-hydrogen) atoms. The monoisotopic (exact) mass is 366 g/mol. The number of imidazole rings is 1. The first-order chi connectivity index (χ1) is 12.9. The van der Waals surface area contributed by atoms with Crippen LogP contribution in [0.25, 0.3) is 22.6 Å². The van der Waals surface area contributed by atoms with Crippen molar-refractivity contribution in [2.24, 2.45) is 0 Å². The Kier molecular flexibility index (Phi) is 4.52. The van der Waals surface area contributed by atoms with Crippen LogP contribution >= 0.6 is 0 Å². The number of aromatic nitrogens is 3. The number of aryl methyl sites for hydroxylation is 1. The van der Waals surface area contributed by atoms with Gasteiger partial charge in [0, 0.05) is 30.4 Å². The van der Waals surface area contributed by atoms with E-state index in [9.17, 15) is 4.79 Å². The fourth-order valence-electron chi connectivity index (χ4n) is 3.99. The molecule has 1 fully saturated rings. The van der Waals surface area contributed by atoms with Crippen LogP contribution in [0.4, 0.5) is 0 Å². The lowest BCUT2D eigenvalue weighted by Gasteiger charge is -2.29. The molecule has 4 rings (SSSR count). The molecule has 1 aliphatic heterocycles. The van der Waals surface area contributed by atoms with Gasteiger partial charge in [-0.2, -0.15) is 0 Å². The zero-order valence-corrected chi connectivity index (χ0v) is 16.3. The minimum atomic E-state index is 0.0671. The second-order valence-electron chi connectivity index (χ2n) is 7.57. The molecule has 1 aliphatic rings. The largest absolute Gasteiger partial charge is 0.490 e. The third-order valence-electron chi connectivity index (χ3n) is 5.45. The number of rotatable bonds is 4. The maximum atomic E-state index is 11.9. The van der Waals surface area contributed by atoms with Crippen molar-refractivity contribution in [1.82, 2.24) is 19.9 Å². The third-order valence-corrected chi connectivity index (χ3v) is 5.45. The van der Waals surface area contributed by atoms with E-state index in [4.69, 9.17) is 9.72 Å². The molecule has 0 radical (unpaired) electrons. The van der Waals surface area contributed by atoms with Crippen molar-refractivity contribution in [1.29, 1.82) is 0 Å². The summed E-state index contributed by atoms with van der Waals surface area (Å²) < 4.78 is 6.18.